The number of hydrogen-bond acceptors (Lipinski definition) is 2. The van der Waals surface area contributed by atoms with E-state index >= 15 is 0 Å². The molecule has 4 heteroatoms. The average molecular weight is 362 g/mol. The Labute approximate surface area is 138 Å². The van der Waals surface area contributed by atoms with E-state index < -0.39 is 0 Å². The van der Waals surface area contributed by atoms with Gasteiger partial charge in [0.2, 0.25) is 5.52 Å². The van der Waals surface area contributed by atoms with Crippen molar-refractivity contribution < 1.29 is 26.3 Å². The quantitative estimate of drug-likeness (QED) is 0.502. The number of aromatic nitrogens is 1. The van der Waals surface area contributed by atoms with Crippen LogP contribution in [0.5, 0.6) is 0 Å². The van der Waals surface area contributed by atoms with E-state index in [2.05, 4.69) is 59.3 Å². The topological polar surface area (TPSA) is 20.9 Å². The highest BCUT2D eigenvalue weighted by Crippen LogP contribution is 2.22. The second-order valence-corrected chi connectivity index (χ2v) is 6.04. The van der Waals surface area contributed by atoms with Gasteiger partial charge in [-0.15, -0.1) is 0 Å². The average Bonchev–Trinajstić information content (AvgIpc) is 2.47. The number of aryl methyl sites for hydroxylation is 1. The molecule has 0 N–H and O–H groups in total. The summed E-state index contributed by atoms with van der Waals surface area (Å²) < 4.78 is 2.24. The Balaban J connectivity index is 0.00000161. The first kappa shape index (κ1) is 16.0. The van der Waals surface area contributed by atoms with Crippen LogP contribution < -0.4 is 21.5 Å². The smallest absolute Gasteiger partial charge is 0.213 e. The van der Waals surface area contributed by atoms with Gasteiger partial charge in [-0.1, -0.05) is 42.1 Å². The molecule has 0 aliphatic rings. The minimum Gasteiger partial charge on any atom is -1.00 e. The second-order valence-electron chi connectivity index (χ2n) is 4.77. The van der Waals surface area contributed by atoms with E-state index in [9.17, 15) is 4.79 Å². The normalized spacial score (nSPS) is 10.5. The molecule has 3 aromatic rings. The fourth-order valence-electron chi connectivity index (χ4n) is 2.52. The standard InChI is InChI=1S/C17H16NOS.BrH/c1-13(19)20-11-10-18-12-14-6-2-3-7-15(14)16-8-4-5-9-17(16)18;/h2-9,12H,10-11H2,1H3;1H/q+1;/p-1. The van der Waals surface area contributed by atoms with Crippen molar-refractivity contribution in [3.63, 3.8) is 0 Å². The van der Waals surface area contributed by atoms with Crippen LogP contribution in [-0.4, -0.2) is 10.9 Å². The Morgan fingerprint density at radius 2 is 1.71 bits per heavy atom. The molecule has 0 bridgehead atoms. The summed E-state index contributed by atoms with van der Waals surface area (Å²) >= 11 is 1.38. The molecule has 0 radical (unpaired) electrons. The van der Waals surface area contributed by atoms with Crippen LogP contribution in [0, 0.1) is 0 Å². The fraction of sp³-hybridized carbons (Fsp3) is 0.176. The van der Waals surface area contributed by atoms with Gasteiger partial charge in [0.1, 0.15) is 0 Å². The molecule has 1 heterocycles. The van der Waals surface area contributed by atoms with E-state index in [0.29, 0.717) is 0 Å². The van der Waals surface area contributed by atoms with Gasteiger partial charge in [-0.2, -0.15) is 4.57 Å². The zero-order valence-electron chi connectivity index (χ0n) is 11.8. The van der Waals surface area contributed by atoms with Crippen LogP contribution in [0.4, 0.5) is 0 Å². The van der Waals surface area contributed by atoms with Crippen molar-refractivity contribution in [2.75, 3.05) is 5.75 Å². The number of carbonyl (C=O) groups is 1. The van der Waals surface area contributed by atoms with Gasteiger partial charge in [0, 0.05) is 23.8 Å². The molecule has 0 spiro atoms. The van der Waals surface area contributed by atoms with Gasteiger partial charge in [-0.25, -0.2) is 0 Å². The molecule has 0 aliphatic heterocycles. The third-order valence-electron chi connectivity index (χ3n) is 3.40. The molecule has 108 valence electrons. The Kier molecular flexibility index (Phi) is 5.37. The van der Waals surface area contributed by atoms with E-state index in [4.69, 9.17) is 0 Å². The molecule has 0 saturated heterocycles. The third kappa shape index (κ3) is 3.44. The first-order valence-corrected chi connectivity index (χ1v) is 7.67. The van der Waals surface area contributed by atoms with Gasteiger partial charge in [0.05, 0.1) is 11.1 Å². The summed E-state index contributed by atoms with van der Waals surface area (Å²) in [6.45, 7) is 2.46. The summed E-state index contributed by atoms with van der Waals surface area (Å²) in [4.78, 5) is 11.1. The summed E-state index contributed by atoms with van der Waals surface area (Å²) in [5.74, 6) is 0.808. The summed E-state index contributed by atoms with van der Waals surface area (Å²) in [5.41, 5.74) is 1.22. The van der Waals surface area contributed by atoms with E-state index in [-0.39, 0.29) is 22.1 Å². The summed E-state index contributed by atoms with van der Waals surface area (Å²) in [6.07, 6.45) is 2.18. The Morgan fingerprint density at radius 1 is 1.05 bits per heavy atom. The lowest BCUT2D eigenvalue weighted by Gasteiger charge is -2.05. The molecule has 0 unspecified atom stereocenters. The maximum atomic E-state index is 11.1. The van der Waals surface area contributed by atoms with Crippen LogP contribution in [0.2, 0.25) is 0 Å². The van der Waals surface area contributed by atoms with Crippen LogP contribution in [0.3, 0.4) is 0 Å². The first-order valence-electron chi connectivity index (χ1n) is 6.69. The molecule has 2 nitrogen and oxygen atoms in total. The fourth-order valence-corrected chi connectivity index (χ4v) is 3.09. The highest BCUT2D eigenvalue weighted by atomic mass is 79.9. The van der Waals surface area contributed by atoms with Gasteiger partial charge in [-0.05, 0) is 12.1 Å². The molecule has 0 amide bonds. The number of hydrogen-bond donors (Lipinski definition) is 0. The zero-order chi connectivity index (χ0) is 13.9. The molecule has 0 fully saturated rings. The van der Waals surface area contributed by atoms with Crippen molar-refractivity contribution in [2.45, 2.75) is 13.5 Å². The third-order valence-corrected chi connectivity index (χ3v) is 4.19. The number of halogens is 1. The van der Waals surface area contributed by atoms with Gasteiger partial charge in [-0.3, -0.25) is 4.79 Å². The molecule has 0 atom stereocenters. The predicted molar refractivity (Wildman–Crippen MR) is 84.8 cm³/mol. The predicted octanol–water partition coefficient (Wildman–Crippen LogP) is 0.564. The molecule has 1 aromatic heterocycles. The molecular formula is C17H16BrNOS. The first-order chi connectivity index (χ1) is 9.75. The van der Waals surface area contributed by atoms with Crippen molar-refractivity contribution in [2.24, 2.45) is 0 Å². The molecule has 21 heavy (non-hydrogen) atoms. The van der Waals surface area contributed by atoms with E-state index in [0.717, 1.165) is 12.3 Å². The lowest BCUT2D eigenvalue weighted by molar-refractivity contribution is -0.665. The number of thioether (sulfide) groups is 1. The second kappa shape index (κ2) is 7.05. The van der Waals surface area contributed by atoms with Crippen LogP contribution in [0.25, 0.3) is 21.7 Å². The van der Waals surface area contributed by atoms with Crippen molar-refractivity contribution in [1.29, 1.82) is 0 Å². The van der Waals surface area contributed by atoms with Crippen LogP contribution in [0.15, 0.2) is 54.7 Å². The maximum absolute atomic E-state index is 11.1. The lowest BCUT2D eigenvalue weighted by Crippen LogP contribution is -3.00. The van der Waals surface area contributed by atoms with Crippen LogP contribution >= 0.6 is 11.8 Å². The number of carbonyl (C=O) groups excluding carboxylic acids is 1. The zero-order valence-corrected chi connectivity index (χ0v) is 14.2. The van der Waals surface area contributed by atoms with Crippen LogP contribution in [-0.2, 0) is 11.3 Å². The number of nitrogens with zero attached hydrogens (tertiary/aromatic N) is 1. The van der Waals surface area contributed by atoms with Crippen molar-refractivity contribution in [3.05, 3.63) is 54.7 Å². The van der Waals surface area contributed by atoms with Crippen molar-refractivity contribution in [3.8, 4) is 0 Å². The number of fused-ring (bicyclic) bond motifs is 3. The summed E-state index contributed by atoms with van der Waals surface area (Å²) in [5, 5.41) is 3.95. The Hall–Kier alpha value is -1.39. The van der Waals surface area contributed by atoms with Crippen molar-refractivity contribution in [1.82, 2.24) is 0 Å². The molecular weight excluding hydrogens is 346 g/mol. The van der Waals surface area contributed by atoms with Gasteiger partial charge >= 0.3 is 0 Å². The molecule has 2 aromatic carbocycles. The summed E-state index contributed by atoms with van der Waals surface area (Å²) in [6, 6.07) is 16.9. The highest BCUT2D eigenvalue weighted by Gasteiger charge is 2.12. The Morgan fingerprint density at radius 3 is 2.48 bits per heavy atom. The largest absolute Gasteiger partial charge is 1.00 e. The number of benzene rings is 2. The van der Waals surface area contributed by atoms with Crippen LogP contribution in [0.1, 0.15) is 6.92 Å². The van der Waals surface area contributed by atoms with Crippen molar-refractivity contribution >= 4 is 38.6 Å². The maximum Gasteiger partial charge on any atom is 0.213 e. The lowest BCUT2D eigenvalue weighted by atomic mass is 10.1. The van der Waals surface area contributed by atoms with E-state index in [1.54, 1.807) is 6.92 Å². The van der Waals surface area contributed by atoms with E-state index in [1.807, 2.05) is 0 Å². The SMILES string of the molecule is CC(=O)SCC[n+]1cc2ccccc2c2ccccc21.[Br-]. The minimum absolute atomic E-state index is 0. The van der Waals surface area contributed by atoms with Gasteiger partial charge in [0.15, 0.2) is 17.9 Å². The van der Waals surface area contributed by atoms with Gasteiger partial charge in [0.25, 0.3) is 0 Å². The highest BCUT2D eigenvalue weighted by molar-refractivity contribution is 8.13. The number of rotatable bonds is 3. The number of para-hydroxylation sites is 1. The number of pyridine rings is 1. The Bertz CT molecular complexity index is 788. The van der Waals surface area contributed by atoms with Gasteiger partial charge < -0.3 is 17.0 Å². The molecule has 0 saturated carbocycles. The monoisotopic (exact) mass is 361 g/mol. The van der Waals surface area contributed by atoms with E-state index in [1.165, 1.54) is 33.4 Å². The minimum atomic E-state index is 0. The molecule has 3 rings (SSSR count). The molecule has 0 aliphatic carbocycles. The summed E-state index contributed by atoms with van der Waals surface area (Å²) in [7, 11) is 0.